The number of nitrogens with zero attached hydrogens (tertiary/aromatic N) is 1. The lowest BCUT2D eigenvalue weighted by molar-refractivity contribution is -0.149. The fourth-order valence-electron chi connectivity index (χ4n) is 3.17. The lowest BCUT2D eigenvalue weighted by atomic mass is 9.87. The molecule has 4 heteroatoms. The van der Waals surface area contributed by atoms with Crippen molar-refractivity contribution in [3.05, 3.63) is 0 Å². The minimum Gasteiger partial charge on any atom is -0.394 e. The molecular formula is C13H24N2O2. The number of carbonyl (C=O) groups is 1. The highest BCUT2D eigenvalue weighted by Gasteiger charge is 2.43. The monoisotopic (exact) mass is 240 g/mol. The molecule has 0 aromatic carbocycles. The van der Waals surface area contributed by atoms with Crippen molar-refractivity contribution in [2.75, 3.05) is 13.2 Å². The topological polar surface area (TPSA) is 52.6 Å². The Hall–Kier alpha value is -0.610. The van der Waals surface area contributed by atoms with Gasteiger partial charge in [-0.2, -0.15) is 0 Å². The molecule has 1 aliphatic carbocycles. The third kappa shape index (κ3) is 2.47. The first-order valence-corrected chi connectivity index (χ1v) is 6.73. The summed E-state index contributed by atoms with van der Waals surface area (Å²) in [5, 5.41) is 12.4. The van der Waals surface area contributed by atoms with Gasteiger partial charge in [-0.1, -0.05) is 19.3 Å². The second kappa shape index (κ2) is 4.94. The molecule has 1 atom stereocenters. The Morgan fingerprint density at radius 1 is 1.35 bits per heavy atom. The first kappa shape index (κ1) is 12.8. The summed E-state index contributed by atoms with van der Waals surface area (Å²) >= 11 is 0. The van der Waals surface area contributed by atoms with Gasteiger partial charge in [0.25, 0.3) is 0 Å². The smallest absolute Gasteiger partial charge is 0.242 e. The molecule has 2 rings (SSSR count). The molecule has 0 aromatic rings. The molecule has 1 saturated heterocycles. The van der Waals surface area contributed by atoms with Crippen molar-refractivity contribution in [3.63, 3.8) is 0 Å². The van der Waals surface area contributed by atoms with Crippen molar-refractivity contribution in [2.45, 2.75) is 63.6 Å². The summed E-state index contributed by atoms with van der Waals surface area (Å²) in [4.78, 5) is 14.4. The van der Waals surface area contributed by atoms with Gasteiger partial charge in [0.1, 0.15) is 6.04 Å². The second-order valence-electron chi connectivity index (χ2n) is 5.93. The normalized spacial score (nSPS) is 30.6. The highest BCUT2D eigenvalue weighted by atomic mass is 16.3. The first-order valence-electron chi connectivity index (χ1n) is 6.73. The predicted molar refractivity (Wildman–Crippen MR) is 66.7 cm³/mol. The Morgan fingerprint density at radius 2 is 2.00 bits per heavy atom. The van der Waals surface area contributed by atoms with E-state index in [1.54, 1.807) is 0 Å². The molecule has 0 bridgehead atoms. The van der Waals surface area contributed by atoms with E-state index in [1.165, 1.54) is 19.3 Å². The van der Waals surface area contributed by atoms with E-state index in [2.05, 4.69) is 19.2 Å². The minimum absolute atomic E-state index is 0.0793. The van der Waals surface area contributed by atoms with Crippen molar-refractivity contribution in [2.24, 2.45) is 0 Å². The maximum Gasteiger partial charge on any atom is 0.242 e. The van der Waals surface area contributed by atoms with Crippen LogP contribution in [0.4, 0.5) is 0 Å². The molecule has 1 heterocycles. The molecule has 4 nitrogen and oxygen atoms in total. The van der Waals surface area contributed by atoms with Gasteiger partial charge in [-0.3, -0.25) is 4.79 Å². The molecular weight excluding hydrogens is 216 g/mol. The van der Waals surface area contributed by atoms with Crippen LogP contribution in [0.1, 0.15) is 46.0 Å². The van der Waals surface area contributed by atoms with Gasteiger partial charge in [-0.15, -0.1) is 0 Å². The molecule has 98 valence electrons. The molecule has 1 amide bonds. The van der Waals surface area contributed by atoms with Crippen LogP contribution in [0.15, 0.2) is 0 Å². The fourth-order valence-corrected chi connectivity index (χ4v) is 3.17. The number of hydrogen-bond donors (Lipinski definition) is 2. The maximum atomic E-state index is 12.4. The summed E-state index contributed by atoms with van der Waals surface area (Å²) in [6.45, 7) is 4.89. The van der Waals surface area contributed by atoms with Gasteiger partial charge in [0.05, 0.1) is 12.1 Å². The summed E-state index contributed by atoms with van der Waals surface area (Å²) in [5.41, 5.74) is -0.134. The van der Waals surface area contributed by atoms with Crippen molar-refractivity contribution in [3.8, 4) is 0 Å². The van der Waals surface area contributed by atoms with Gasteiger partial charge in [0, 0.05) is 12.6 Å². The van der Waals surface area contributed by atoms with Crippen LogP contribution in [0.25, 0.3) is 0 Å². The standard InChI is InChI=1S/C13H24N2O2/c1-13(2)9-14-11(8-16)12(17)15(13)10-6-4-3-5-7-10/h10-11,14,16H,3-9H2,1-2H3. The number of aliphatic hydroxyl groups excluding tert-OH is 1. The van der Waals surface area contributed by atoms with Crippen LogP contribution >= 0.6 is 0 Å². The van der Waals surface area contributed by atoms with E-state index in [-0.39, 0.29) is 18.1 Å². The Bertz CT molecular complexity index is 285. The molecule has 17 heavy (non-hydrogen) atoms. The zero-order valence-corrected chi connectivity index (χ0v) is 10.9. The fraction of sp³-hybridized carbons (Fsp3) is 0.923. The van der Waals surface area contributed by atoms with Crippen molar-refractivity contribution in [1.82, 2.24) is 10.2 Å². The second-order valence-corrected chi connectivity index (χ2v) is 5.93. The average Bonchev–Trinajstić information content (AvgIpc) is 2.30. The van der Waals surface area contributed by atoms with Crippen LogP contribution in [-0.2, 0) is 4.79 Å². The summed E-state index contributed by atoms with van der Waals surface area (Å²) in [7, 11) is 0. The summed E-state index contributed by atoms with van der Waals surface area (Å²) in [5.74, 6) is 0.0793. The van der Waals surface area contributed by atoms with Gasteiger partial charge >= 0.3 is 0 Å². The number of hydrogen-bond acceptors (Lipinski definition) is 3. The molecule has 1 unspecified atom stereocenters. The Balaban J connectivity index is 2.16. The van der Waals surface area contributed by atoms with Crippen LogP contribution < -0.4 is 5.32 Å². The number of rotatable bonds is 2. The predicted octanol–water partition coefficient (Wildman–Crippen LogP) is 0.890. The van der Waals surface area contributed by atoms with Gasteiger partial charge in [-0.25, -0.2) is 0 Å². The Kier molecular flexibility index (Phi) is 3.73. The lowest BCUT2D eigenvalue weighted by Gasteiger charge is -2.50. The highest BCUT2D eigenvalue weighted by Crippen LogP contribution is 2.30. The summed E-state index contributed by atoms with van der Waals surface area (Å²) in [6.07, 6.45) is 5.98. The zero-order chi connectivity index (χ0) is 12.5. The van der Waals surface area contributed by atoms with E-state index < -0.39 is 6.04 Å². The van der Waals surface area contributed by atoms with Gasteiger partial charge < -0.3 is 15.3 Å². The third-order valence-electron chi connectivity index (χ3n) is 4.09. The van der Waals surface area contributed by atoms with E-state index >= 15 is 0 Å². The maximum absolute atomic E-state index is 12.4. The number of amides is 1. The van der Waals surface area contributed by atoms with Gasteiger partial charge in [-0.05, 0) is 26.7 Å². The number of piperazine rings is 1. The number of nitrogens with one attached hydrogen (secondary N) is 1. The van der Waals surface area contributed by atoms with E-state index in [9.17, 15) is 9.90 Å². The quantitative estimate of drug-likeness (QED) is 0.753. The van der Waals surface area contributed by atoms with Crippen LogP contribution in [0.2, 0.25) is 0 Å². The van der Waals surface area contributed by atoms with Gasteiger partial charge in [0.2, 0.25) is 5.91 Å². The Labute approximate surface area is 103 Å². The van der Waals surface area contributed by atoms with E-state index in [0.717, 1.165) is 19.4 Å². The molecule has 2 fully saturated rings. The molecule has 2 aliphatic rings. The molecule has 1 aliphatic heterocycles. The molecule has 1 saturated carbocycles. The van der Waals surface area contributed by atoms with Crippen LogP contribution in [-0.4, -0.2) is 46.7 Å². The Morgan fingerprint density at radius 3 is 2.59 bits per heavy atom. The van der Waals surface area contributed by atoms with E-state index in [1.807, 2.05) is 4.90 Å². The zero-order valence-electron chi connectivity index (χ0n) is 10.9. The largest absolute Gasteiger partial charge is 0.394 e. The molecule has 0 aromatic heterocycles. The molecule has 2 N–H and O–H groups in total. The summed E-state index contributed by atoms with van der Waals surface area (Å²) in [6, 6.07) is -0.0210. The van der Waals surface area contributed by atoms with E-state index in [4.69, 9.17) is 0 Å². The van der Waals surface area contributed by atoms with Crippen LogP contribution in [0.5, 0.6) is 0 Å². The summed E-state index contributed by atoms with van der Waals surface area (Å²) < 4.78 is 0. The lowest BCUT2D eigenvalue weighted by Crippen LogP contribution is -2.68. The van der Waals surface area contributed by atoms with Crippen molar-refractivity contribution in [1.29, 1.82) is 0 Å². The third-order valence-corrected chi connectivity index (χ3v) is 4.09. The number of aliphatic hydroxyl groups is 1. The molecule has 0 spiro atoms. The first-order chi connectivity index (χ1) is 8.06. The molecule has 0 radical (unpaired) electrons. The number of carbonyl (C=O) groups excluding carboxylic acids is 1. The van der Waals surface area contributed by atoms with E-state index in [0.29, 0.717) is 6.04 Å². The van der Waals surface area contributed by atoms with Crippen LogP contribution in [0, 0.1) is 0 Å². The highest BCUT2D eigenvalue weighted by molar-refractivity contribution is 5.84. The van der Waals surface area contributed by atoms with Gasteiger partial charge in [0.15, 0.2) is 0 Å². The van der Waals surface area contributed by atoms with Crippen LogP contribution in [0.3, 0.4) is 0 Å². The average molecular weight is 240 g/mol. The minimum atomic E-state index is -0.398. The van der Waals surface area contributed by atoms with Crippen molar-refractivity contribution >= 4 is 5.91 Å². The SMILES string of the molecule is CC1(C)CNC(CO)C(=O)N1C1CCCCC1. The van der Waals surface area contributed by atoms with Crippen molar-refractivity contribution < 1.29 is 9.90 Å².